The molecule has 0 aliphatic heterocycles. The van der Waals surface area contributed by atoms with E-state index >= 15 is 0 Å². The molecule has 0 saturated heterocycles. The number of carbonyl (C=O) groups excluding carboxylic acids is 1. The average Bonchev–Trinajstić information content (AvgIpc) is 3.11. The molecule has 0 aliphatic rings. The Morgan fingerprint density at radius 3 is 2.69 bits per heavy atom. The van der Waals surface area contributed by atoms with Gasteiger partial charge in [0.05, 0.1) is 11.0 Å². The zero-order valence-corrected chi connectivity index (χ0v) is 14.9. The molecule has 0 saturated carbocycles. The summed E-state index contributed by atoms with van der Waals surface area (Å²) in [4.78, 5) is 15.9. The van der Waals surface area contributed by atoms with Crippen LogP contribution in [0.5, 0.6) is 0 Å². The van der Waals surface area contributed by atoms with Crippen LogP contribution in [0.25, 0.3) is 11.0 Å². The smallest absolute Gasteiger partial charge is 0.311 e. The van der Waals surface area contributed by atoms with Crippen LogP contribution in [0.1, 0.15) is 24.7 Å². The predicted octanol–water partition coefficient (Wildman–Crippen LogP) is 3.74. The van der Waals surface area contributed by atoms with E-state index in [9.17, 15) is 18.0 Å². The molecule has 0 radical (unpaired) electrons. The van der Waals surface area contributed by atoms with Gasteiger partial charge < -0.3 is 4.57 Å². The molecule has 3 aromatic rings. The fourth-order valence-corrected chi connectivity index (χ4v) is 3.46. The number of carbonyl (C=O) groups is 1. The number of hydrogen-bond donors (Lipinski definition) is 1. The number of nitrogens with zero attached hydrogens (tertiary/aromatic N) is 4. The van der Waals surface area contributed by atoms with Gasteiger partial charge >= 0.3 is 6.18 Å². The normalized spacial score (nSPS) is 12.1. The Labute approximate surface area is 151 Å². The van der Waals surface area contributed by atoms with Crippen LogP contribution in [0.3, 0.4) is 0 Å². The lowest BCUT2D eigenvalue weighted by atomic mass is 10.1. The number of para-hydroxylation sites is 2. The predicted molar refractivity (Wildman–Crippen MR) is 91.8 cm³/mol. The lowest BCUT2D eigenvalue weighted by Gasteiger charge is -2.10. The van der Waals surface area contributed by atoms with Crippen molar-refractivity contribution in [2.45, 2.75) is 33.0 Å². The van der Waals surface area contributed by atoms with Gasteiger partial charge in [-0.1, -0.05) is 37.3 Å². The van der Waals surface area contributed by atoms with Gasteiger partial charge in [-0.2, -0.15) is 13.2 Å². The summed E-state index contributed by atoms with van der Waals surface area (Å²) in [6.07, 6.45) is -3.94. The van der Waals surface area contributed by atoms with Gasteiger partial charge in [-0.15, -0.1) is 10.2 Å². The first-order valence-corrected chi connectivity index (χ1v) is 8.70. The average molecular weight is 383 g/mol. The molecule has 0 atom stereocenters. The topological polar surface area (TPSA) is 72.7 Å². The highest BCUT2D eigenvalue weighted by atomic mass is 32.1. The molecule has 0 fully saturated rings. The van der Waals surface area contributed by atoms with Crippen molar-refractivity contribution in [2.24, 2.45) is 5.92 Å². The van der Waals surface area contributed by atoms with Crippen molar-refractivity contribution < 1.29 is 18.0 Å². The van der Waals surface area contributed by atoms with Crippen LogP contribution < -0.4 is 5.32 Å². The number of anilines is 1. The summed E-state index contributed by atoms with van der Waals surface area (Å²) in [6, 6.07) is 6.16. The Balaban J connectivity index is 1.82. The van der Waals surface area contributed by atoms with E-state index in [1.165, 1.54) is 23.5 Å². The molecule has 0 spiro atoms. The first kappa shape index (κ1) is 18.3. The summed E-state index contributed by atoms with van der Waals surface area (Å²) in [6.45, 7) is 3.54. The van der Waals surface area contributed by atoms with Crippen LogP contribution >= 0.6 is 11.3 Å². The maximum atomic E-state index is 13.3. The van der Waals surface area contributed by atoms with Gasteiger partial charge in [0.1, 0.15) is 11.6 Å². The molecule has 2 heterocycles. The molecule has 0 unspecified atom stereocenters. The quantitative estimate of drug-likeness (QED) is 0.728. The Morgan fingerprint density at radius 2 is 2.00 bits per heavy atom. The SMILES string of the molecule is CC(C)Cc1nnc(NC(=O)Cn2c(C(F)(F)F)nc3ccccc32)s1. The van der Waals surface area contributed by atoms with Crippen LogP contribution in [0.15, 0.2) is 24.3 Å². The number of amides is 1. The lowest BCUT2D eigenvalue weighted by molar-refractivity contribution is -0.147. The molecule has 3 rings (SSSR count). The summed E-state index contributed by atoms with van der Waals surface area (Å²) in [7, 11) is 0. The fraction of sp³-hybridized carbons (Fsp3) is 0.375. The molecule has 26 heavy (non-hydrogen) atoms. The van der Waals surface area contributed by atoms with E-state index in [4.69, 9.17) is 0 Å². The Morgan fingerprint density at radius 1 is 1.27 bits per heavy atom. The molecule has 6 nitrogen and oxygen atoms in total. The van der Waals surface area contributed by atoms with Gasteiger partial charge in [-0.25, -0.2) is 4.98 Å². The van der Waals surface area contributed by atoms with E-state index in [1.54, 1.807) is 12.1 Å². The second-order valence-electron chi connectivity index (χ2n) is 6.16. The number of benzene rings is 1. The molecule has 1 amide bonds. The highest BCUT2D eigenvalue weighted by molar-refractivity contribution is 7.15. The van der Waals surface area contributed by atoms with Crippen molar-refractivity contribution in [3.63, 3.8) is 0 Å². The molecule has 0 aliphatic carbocycles. The second-order valence-corrected chi connectivity index (χ2v) is 7.22. The van der Waals surface area contributed by atoms with E-state index in [2.05, 4.69) is 20.5 Å². The molecule has 138 valence electrons. The van der Waals surface area contributed by atoms with E-state index in [1.807, 2.05) is 13.8 Å². The van der Waals surface area contributed by atoms with Crippen LogP contribution in [-0.4, -0.2) is 25.7 Å². The Hall–Kier alpha value is -2.49. The van der Waals surface area contributed by atoms with Crippen molar-refractivity contribution in [3.05, 3.63) is 35.1 Å². The molecule has 1 aromatic carbocycles. The summed E-state index contributed by atoms with van der Waals surface area (Å²) in [5.41, 5.74) is 0.426. The third-order valence-electron chi connectivity index (χ3n) is 3.51. The van der Waals surface area contributed by atoms with Gasteiger partial charge in [-0.3, -0.25) is 10.1 Å². The first-order chi connectivity index (χ1) is 12.2. The van der Waals surface area contributed by atoms with Crippen molar-refractivity contribution in [3.8, 4) is 0 Å². The minimum absolute atomic E-state index is 0.183. The second kappa shape index (κ2) is 7.02. The van der Waals surface area contributed by atoms with Crippen LogP contribution in [-0.2, 0) is 23.9 Å². The van der Waals surface area contributed by atoms with E-state index < -0.39 is 24.5 Å². The number of aromatic nitrogens is 4. The maximum absolute atomic E-state index is 13.3. The molecular weight excluding hydrogens is 367 g/mol. The van der Waals surface area contributed by atoms with Crippen LogP contribution in [0.4, 0.5) is 18.3 Å². The number of nitrogens with one attached hydrogen (secondary N) is 1. The molecule has 0 bridgehead atoms. The fourth-order valence-electron chi connectivity index (χ4n) is 2.49. The monoisotopic (exact) mass is 383 g/mol. The van der Waals surface area contributed by atoms with Gasteiger partial charge in [-0.05, 0) is 18.1 Å². The highest BCUT2D eigenvalue weighted by Gasteiger charge is 2.38. The largest absolute Gasteiger partial charge is 0.449 e. The highest BCUT2D eigenvalue weighted by Crippen LogP contribution is 2.31. The Kier molecular flexibility index (Phi) is 4.94. The van der Waals surface area contributed by atoms with Crippen molar-refractivity contribution in [1.82, 2.24) is 19.7 Å². The third kappa shape index (κ3) is 4.01. The van der Waals surface area contributed by atoms with Crippen molar-refractivity contribution >= 4 is 33.4 Å². The van der Waals surface area contributed by atoms with E-state index in [0.29, 0.717) is 5.92 Å². The summed E-state index contributed by atoms with van der Waals surface area (Å²) in [5, 5.41) is 11.4. The number of alkyl halides is 3. The van der Waals surface area contributed by atoms with Gasteiger partial charge in [0.15, 0.2) is 0 Å². The molecule has 1 N–H and O–H groups in total. The molecular formula is C16H16F3N5OS. The van der Waals surface area contributed by atoms with E-state index in [-0.39, 0.29) is 16.2 Å². The van der Waals surface area contributed by atoms with Crippen molar-refractivity contribution in [1.29, 1.82) is 0 Å². The van der Waals surface area contributed by atoms with Gasteiger partial charge in [0.25, 0.3) is 0 Å². The number of hydrogen-bond acceptors (Lipinski definition) is 5. The number of halogens is 3. The zero-order chi connectivity index (χ0) is 18.9. The van der Waals surface area contributed by atoms with Gasteiger partial charge in [0, 0.05) is 6.42 Å². The van der Waals surface area contributed by atoms with Crippen LogP contribution in [0, 0.1) is 5.92 Å². The first-order valence-electron chi connectivity index (χ1n) is 7.88. The van der Waals surface area contributed by atoms with Crippen molar-refractivity contribution in [2.75, 3.05) is 5.32 Å². The van der Waals surface area contributed by atoms with Crippen LogP contribution in [0.2, 0.25) is 0 Å². The Bertz CT molecular complexity index is 932. The minimum Gasteiger partial charge on any atom is -0.311 e. The maximum Gasteiger partial charge on any atom is 0.449 e. The molecule has 10 heteroatoms. The summed E-state index contributed by atoms with van der Waals surface area (Å²) >= 11 is 1.21. The zero-order valence-electron chi connectivity index (χ0n) is 14.0. The summed E-state index contributed by atoms with van der Waals surface area (Å²) in [5.74, 6) is -1.34. The van der Waals surface area contributed by atoms with Gasteiger partial charge in [0.2, 0.25) is 16.9 Å². The lowest BCUT2D eigenvalue weighted by Crippen LogP contribution is -2.23. The minimum atomic E-state index is -4.66. The molecule has 2 aromatic heterocycles. The number of fused-ring (bicyclic) bond motifs is 1. The standard InChI is InChI=1S/C16H16F3N5OS/c1-9(2)7-13-22-23-15(26-13)21-12(25)8-24-11-6-4-3-5-10(11)20-14(24)16(17,18)19/h3-6,9H,7-8H2,1-2H3,(H,21,23,25). The number of rotatable bonds is 5. The summed E-state index contributed by atoms with van der Waals surface area (Å²) < 4.78 is 40.6. The number of imidazole rings is 1. The van der Waals surface area contributed by atoms with E-state index in [0.717, 1.165) is 16.0 Å². The third-order valence-corrected chi connectivity index (χ3v) is 4.37.